The maximum atomic E-state index is 12.1. The van der Waals surface area contributed by atoms with Gasteiger partial charge < -0.3 is 15.2 Å². The predicted molar refractivity (Wildman–Crippen MR) is 77.3 cm³/mol. The number of carboxylic acids is 1. The van der Waals surface area contributed by atoms with E-state index in [-0.39, 0.29) is 12.3 Å². The molecule has 1 amide bonds. The Labute approximate surface area is 124 Å². The predicted octanol–water partition coefficient (Wildman–Crippen LogP) is 0.841. The van der Waals surface area contributed by atoms with Gasteiger partial charge in [0.1, 0.15) is 6.04 Å². The second kappa shape index (κ2) is 7.78. The summed E-state index contributed by atoms with van der Waals surface area (Å²) in [6.07, 6.45) is 0.663. The number of methoxy groups -OCH3 is 1. The summed E-state index contributed by atoms with van der Waals surface area (Å²) < 4.78 is 6.50. The van der Waals surface area contributed by atoms with Crippen LogP contribution in [-0.2, 0) is 20.7 Å². The van der Waals surface area contributed by atoms with E-state index in [1.165, 1.54) is 0 Å². The highest BCUT2D eigenvalue weighted by Gasteiger charge is 2.21. The lowest BCUT2D eigenvalue weighted by Crippen LogP contribution is -2.33. The number of aryl methyl sites for hydroxylation is 1. The quantitative estimate of drug-likeness (QED) is 0.694. The first-order valence-corrected chi connectivity index (χ1v) is 6.91. The number of hydrogen-bond donors (Lipinski definition) is 2. The molecule has 0 aliphatic carbocycles. The van der Waals surface area contributed by atoms with Crippen LogP contribution in [0.15, 0.2) is 0 Å². The number of carbonyl (C=O) groups is 2. The van der Waals surface area contributed by atoms with Gasteiger partial charge in [-0.3, -0.25) is 14.3 Å². The topological polar surface area (TPSA) is 93.5 Å². The van der Waals surface area contributed by atoms with E-state index in [9.17, 15) is 9.59 Å². The Morgan fingerprint density at radius 2 is 2.10 bits per heavy atom. The minimum absolute atomic E-state index is 0.0835. The van der Waals surface area contributed by atoms with Crippen molar-refractivity contribution in [3.05, 3.63) is 17.0 Å². The minimum Gasteiger partial charge on any atom is -0.481 e. The van der Waals surface area contributed by atoms with Crippen LogP contribution in [0.25, 0.3) is 0 Å². The molecule has 0 saturated carbocycles. The SMILES string of the molecule is COCCCNC(=O)C(C)n1nc(C)c(CC(=O)O)c1C. The number of amides is 1. The molecule has 0 bridgehead atoms. The number of rotatable bonds is 8. The molecule has 7 heteroatoms. The summed E-state index contributed by atoms with van der Waals surface area (Å²) in [5, 5.41) is 16.0. The van der Waals surface area contributed by atoms with Crippen molar-refractivity contribution in [2.75, 3.05) is 20.3 Å². The van der Waals surface area contributed by atoms with Crippen molar-refractivity contribution in [1.82, 2.24) is 15.1 Å². The van der Waals surface area contributed by atoms with Crippen LogP contribution in [-0.4, -0.2) is 47.0 Å². The van der Waals surface area contributed by atoms with E-state index in [1.54, 1.807) is 32.6 Å². The minimum atomic E-state index is -0.905. The Kier molecular flexibility index (Phi) is 6.36. The van der Waals surface area contributed by atoms with Gasteiger partial charge in [0.15, 0.2) is 0 Å². The Morgan fingerprint density at radius 3 is 2.67 bits per heavy atom. The van der Waals surface area contributed by atoms with Crippen molar-refractivity contribution in [2.45, 2.75) is 39.7 Å². The molecule has 2 N–H and O–H groups in total. The molecule has 7 nitrogen and oxygen atoms in total. The molecule has 0 fully saturated rings. The van der Waals surface area contributed by atoms with E-state index in [2.05, 4.69) is 10.4 Å². The number of aliphatic carboxylic acids is 1. The van der Waals surface area contributed by atoms with Gasteiger partial charge in [-0.05, 0) is 27.2 Å². The van der Waals surface area contributed by atoms with Gasteiger partial charge in [0.2, 0.25) is 5.91 Å². The van der Waals surface area contributed by atoms with Crippen molar-refractivity contribution in [3.63, 3.8) is 0 Å². The lowest BCUT2D eigenvalue weighted by molar-refractivity contribution is -0.136. The third-order valence-corrected chi connectivity index (χ3v) is 3.37. The number of ether oxygens (including phenoxy) is 1. The molecular formula is C14H23N3O4. The van der Waals surface area contributed by atoms with Crippen molar-refractivity contribution >= 4 is 11.9 Å². The van der Waals surface area contributed by atoms with Crippen LogP contribution >= 0.6 is 0 Å². The zero-order chi connectivity index (χ0) is 16.0. The van der Waals surface area contributed by atoms with E-state index in [0.29, 0.717) is 24.4 Å². The summed E-state index contributed by atoms with van der Waals surface area (Å²) >= 11 is 0. The number of nitrogens with zero attached hydrogens (tertiary/aromatic N) is 2. The maximum absolute atomic E-state index is 12.1. The Balaban J connectivity index is 2.76. The van der Waals surface area contributed by atoms with E-state index in [1.807, 2.05) is 0 Å². The molecule has 0 aliphatic rings. The molecule has 0 saturated heterocycles. The molecule has 1 heterocycles. The fourth-order valence-electron chi connectivity index (χ4n) is 2.17. The summed E-state index contributed by atoms with van der Waals surface area (Å²) in [7, 11) is 1.62. The maximum Gasteiger partial charge on any atom is 0.307 e. The van der Waals surface area contributed by atoms with Crippen molar-refractivity contribution in [3.8, 4) is 0 Å². The summed E-state index contributed by atoms with van der Waals surface area (Å²) in [5.74, 6) is -1.05. The first-order chi connectivity index (χ1) is 9.88. The lowest BCUT2D eigenvalue weighted by Gasteiger charge is -2.14. The molecular weight excluding hydrogens is 274 g/mol. The second-order valence-electron chi connectivity index (χ2n) is 4.98. The first-order valence-electron chi connectivity index (χ1n) is 6.91. The van der Waals surface area contributed by atoms with Crippen molar-refractivity contribution in [2.24, 2.45) is 0 Å². The number of aromatic nitrogens is 2. The lowest BCUT2D eigenvalue weighted by atomic mass is 10.1. The number of hydrogen-bond acceptors (Lipinski definition) is 4. The standard InChI is InChI=1S/C14H23N3O4/c1-9-12(8-13(18)19)10(2)17(16-9)11(3)14(20)15-6-5-7-21-4/h11H,5-8H2,1-4H3,(H,15,20)(H,18,19). The zero-order valence-corrected chi connectivity index (χ0v) is 13.0. The third-order valence-electron chi connectivity index (χ3n) is 3.37. The summed E-state index contributed by atoms with van der Waals surface area (Å²) in [4.78, 5) is 22.9. The molecule has 1 aromatic rings. The average Bonchev–Trinajstić information content (AvgIpc) is 2.70. The van der Waals surface area contributed by atoms with Crippen LogP contribution < -0.4 is 5.32 Å². The molecule has 118 valence electrons. The molecule has 0 spiro atoms. The monoisotopic (exact) mass is 297 g/mol. The average molecular weight is 297 g/mol. The number of nitrogens with one attached hydrogen (secondary N) is 1. The van der Waals surface area contributed by atoms with E-state index < -0.39 is 12.0 Å². The Hall–Kier alpha value is -1.89. The van der Waals surface area contributed by atoms with Gasteiger partial charge in [-0.15, -0.1) is 0 Å². The Morgan fingerprint density at radius 1 is 1.43 bits per heavy atom. The number of carboxylic acid groups (broad SMARTS) is 1. The van der Waals surface area contributed by atoms with Gasteiger partial charge in [0.05, 0.1) is 12.1 Å². The van der Waals surface area contributed by atoms with Crippen LogP contribution in [0.3, 0.4) is 0 Å². The molecule has 0 radical (unpaired) electrons. The van der Waals surface area contributed by atoms with Crippen molar-refractivity contribution < 1.29 is 19.4 Å². The van der Waals surface area contributed by atoms with E-state index in [4.69, 9.17) is 9.84 Å². The molecule has 21 heavy (non-hydrogen) atoms. The Bertz CT molecular complexity index is 511. The highest BCUT2D eigenvalue weighted by molar-refractivity contribution is 5.80. The van der Waals surface area contributed by atoms with Gasteiger partial charge in [0.25, 0.3) is 0 Å². The zero-order valence-electron chi connectivity index (χ0n) is 13.0. The van der Waals surface area contributed by atoms with Gasteiger partial charge >= 0.3 is 5.97 Å². The van der Waals surface area contributed by atoms with Gasteiger partial charge in [-0.1, -0.05) is 0 Å². The molecule has 1 rings (SSSR count). The molecule has 1 unspecified atom stereocenters. The molecule has 0 aliphatic heterocycles. The molecule has 1 aromatic heterocycles. The fraction of sp³-hybridized carbons (Fsp3) is 0.643. The highest BCUT2D eigenvalue weighted by atomic mass is 16.5. The van der Waals surface area contributed by atoms with Crippen molar-refractivity contribution in [1.29, 1.82) is 0 Å². The summed E-state index contributed by atoms with van der Waals surface area (Å²) in [5.41, 5.74) is 2.03. The second-order valence-corrected chi connectivity index (χ2v) is 4.98. The smallest absolute Gasteiger partial charge is 0.307 e. The number of carbonyl (C=O) groups excluding carboxylic acids is 1. The first kappa shape index (κ1) is 17.2. The van der Waals surface area contributed by atoms with Crippen LogP contribution in [0, 0.1) is 13.8 Å². The van der Waals surface area contributed by atoms with Gasteiger partial charge in [-0.2, -0.15) is 5.10 Å². The third kappa shape index (κ3) is 4.56. The van der Waals surface area contributed by atoms with Gasteiger partial charge in [-0.25, -0.2) is 0 Å². The summed E-state index contributed by atoms with van der Waals surface area (Å²) in [6, 6.07) is -0.478. The molecule has 1 atom stereocenters. The van der Waals surface area contributed by atoms with Crippen LogP contribution in [0.4, 0.5) is 0 Å². The largest absolute Gasteiger partial charge is 0.481 e. The van der Waals surface area contributed by atoms with E-state index in [0.717, 1.165) is 12.1 Å². The summed E-state index contributed by atoms with van der Waals surface area (Å²) in [6.45, 7) is 6.42. The van der Waals surface area contributed by atoms with E-state index >= 15 is 0 Å². The van der Waals surface area contributed by atoms with Gasteiger partial charge in [0, 0.05) is 31.5 Å². The van der Waals surface area contributed by atoms with Crippen LogP contribution in [0.5, 0.6) is 0 Å². The fourth-order valence-corrected chi connectivity index (χ4v) is 2.17. The highest BCUT2D eigenvalue weighted by Crippen LogP contribution is 2.18. The molecule has 0 aromatic carbocycles. The normalized spacial score (nSPS) is 12.2. The van der Waals surface area contributed by atoms with Crippen LogP contribution in [0.2, 0.25) is 0 Å². The van der Waals surface area contributed by atoms with Crippen LogP contribution in [0.1, 0.15) is 36.3 Å².